The number of ether oxygens (including phenoxy) is 1. The van der Waals surface area contributed by atoms with Crippen LogP contribution in [0.3, 0.4) is 0 Å². The Hall–Kier alpha value is -1.96. The van der Waals surface area contributed by atoms with Gasteiger partial charge in [0.05, 0.1) is 15.1 Å². The molecule has 0 saturated carbocycles. The summed E-state index contributed by atoms with van der Waals surface area (Å²) < 4.78 is 34.5. The number of hydrogen-bond acceptors (Lipinski definition) is 5. The smallest absolute Gasteiger partial charge is 0.274 e. The summed E-state index contributed by atoms with van der Waals surface area (Å²) in [4.78, 5) is 5.01. The number of hydrogen-bond donors (Lipinski definition) is 0. The molecule has 0 bridgehead atoms. The zero-order chi connectivity index (χ0) is 19.9. The number of benzene rings is 2. The number of fused-ring (bicyclic) bond motifs is 1. The summed E-state index contributed by atoms with van der Waals surface area (Å²) in [5, 5.41) is 0.673. The summed E-state index contributed by atoms with van der Waals surface area (Å²) in [6, 6.07) is 11.2. The number of rotatable bonds is 4. The Morgan fingerprint density at radius 3 is 2.29 bits per heavy atom. The van der Waals surface area contributed by atoms with E-state index in [9.17, 15) is 8.42 Å². The normalized spacial score (nSPS) is 16.5. The molecule has 1 aliphatic heterocycles. The molecule has 1 saturated heterocycles. The molecule has 7 heteroatoms. The first-order valence-electron chi connectivity index (χ1n) is 9.45. The van der Waals surface area contributed by atoms with Gasteiger partial charge in [0, 0.05) is 13.1 Å². The van der Waals surface area contributed by atoms with Gasteiger partial charge in [-0.3, -0.25) is 0 Å². The van der Waals surface area contributed by atoms with E-state index in [0.29, 0.717) is 36.0 Å². The van der Waals surface area contributed by atoms with Crippen LogP contribution in [0, 0.1) is 20.8 Å². The fourth-order valence-corrected chi connectivity index (χ4v) is 5.98. The topological polar surface area (TPSA) is 59.5 Å². The highest BCUT2D eigenvalue weighted by molar-refractivity contribution is 7.89. The van der Waals surface area contributed by atoms with E-state index in [2.05, 4.69) is 31.0 Å². The van der Waals surface area contributed by atoms with Crippen LogP contribution in [0.15, 0.2) is 41.3 Å². The second kappa shape index (κ2) is 7.46. The molecule has 0 unspecified atom stereocenters. The van der Waals surface area contributed by atoms with Gasteiger partial charge >= 0.3 is 0 Å². The Morgan fingerprint density at radius 1 is 1.00 bits per heavy atom. The fraction of sp³-hybridized carbons (Fsp3) is 0.381. The largest absolute Gasteiger partial charge is 0.467 e. The average Bonchev–Trinajstić information content (AvgIpc) is 3.11. The van der Waals surface area contributed by atoms with E-state index >= 15 is 0 Å². The molecule has 5 nitrogen and oxygen atoms in total. The highest BCUT2D eigenvalue weighted by Crippen LogP contribution is 2.34. The van der Waals surface area contributed by atoms with Gasteiger partial charge in [-0.05, 0) is 56.9 Å². The molecule has 1 aliphatic rings. The third-order valence-corrected chi connectivity index (χ3v) is 8.24. The minimum Gasteiger partial charge on any atom is -0.467 e. The van der Waals surface area contributed by atoms with Crippen LogP contribution >= 0.6 is 11.3 Å². The van der Waals surface area contributed by atoms with Crippen LogP contribution in [0.5, 0.6) is 5.19 Å². The van der Waals surface area contributed by atoms with Crippen LogP contribution in [-0.2, 0) is 10.0 Å². The minimum absolute atomic E-state index is 0.00866. The van der Waals surface area contributed by atoms with E-state index in [-0.39, 0.29) is 6.10 Å². The maximum Gasteiger partial charge on any atom is 0.274 e. The summed E-state index contributed by atoms with van der Waals surface area (Å²) in [6.07, 6.45) is 1.32. The third-order valence-electron chi connectivity index (χ3n) is 5.25. The number of thiazole rings is 1. The molecule has 0 N–H and O–H groups in total. The van der Waals surface area contributed by atoms with Crippen molar-refractivity contribution in [2.75, 3.05) is 13.1 Å². The fourth-order valence-electron chi connectivity index (χ4n) is 3.48. The van der Waals surface area contributed by atoms with Crippen molar-refractivity contribution in [1.29, 1.82) is 0 Å². The van der Waals surface area contributed by atoms with Crippen molar-refractivity contribution in [2.45, 2.75) is 44.6 Å². The van der Waals surface area contributed by atoms with Gasteiger partial charge in [0.15, 0.2) is 0 Å². The Morgan fingerprint density at radius 2 is 1.64 bits per heavy atom. The van der Waals surface area contributed by atoms with Gasteiger partial charge in [0.1, 0.15) is 6.10 Å². The van der Waals surface area contributed by atoms with E-state index in [1.165, 1.54) is 5.56 Å². The highest BCUT2D eigenvalue weighted by atomic mass is 32.2. The zero-order valence-corrected chi connectivity index (χ0v) is 17.9. The van der Waals surface area contributed by atoms with Crippen molar-refractivity contribution >= 4 is 31.6 Å². The third kappa shape index (κ3) is 3.66. The monoisotopic (exact) mass is 416 g/mol. The molecule has 2 heterocycles. The van der Waals surface area contributed by atoms with Crippen LogP contribution < -0.4 is 4.74 Å². The predicted octanol–water partition coefficient (Wildman–Crippen LogP) is 4.45. The number of piperidine rings is 1. The number of nitrogens with zero attached hydrogens (tertiary/aromatic N) is 2. The Labute approximate surface area is 170 Å². The molecule has 3 aromatic rings. The van der Waals surface area contributed by atoms with Crippen LogP contribution in [0.25, 0.3) is 10.2 Å². The standard InChI is InChI=1S/C21H24N2O3S2/c1-14-4-8-18(9-5-14)28(24,25)23-12-10-17(11-13-23)26-21-22-19-15(2)6-7-16(3)20(19)27-21/h4-9,17H,10-13H2,1-3H3. The predicted molar refractivity (Wildman–Crippen MR) is 113 cm³/mol. The molecule has 2 aromatic carbocycles. The van der Waals surface area contributed by atoms with Crippen LogP contribution in [0.2, 0.25) is 0 Å². The van der Waals surface area contributed by atoms with Gasteiger partial charge in [0.25, 0.3) is 5.19 Å². The van der Waals surface area contributed by atoms with Crippen molar-refractivity contribution in [3.05, 3.63) is 53.1 Å². The first kappa shape index (κ1) is 19.4. The van der Waals surface area contributed by atoms with Crippen molar-refractivity contribution in [1.82, 2.24) is 9.29 Å². The highest BCUT2D eigenvalue weighted by Gasteiger charge is 2.30. The summed E-state index contributed by atoms with van der Waals surface area (Å²) in [5.41, 5.74) is 4.39. The Balaban J connectivity index is 1.44. The summed E-state index contributed by atoms with van der Waals surface area (Å²) in [7, 11) is -3.44. The van der Waals surface area contributed by atoms with Crippen LogP contribution in [-0.4, -0.2) is 36.9 Å². The summed E-state index contributed by atoms with van der Waals surface area (Å²) >= 11 is 1.57. The minimum atomic E-state index is -3.44. The van der Waals surface area contributed by atoms with Gasteiger partial charge in [-0.25, -0.2) is 13.4 Å². The van der Waals surface area contributed by atoms with Crippen molar-refractivity contribution in [3.8, 4) is 5.19 Å². The number of aryl methyl sites for hydroxylation is 3. The lowest BCUT2D eigenvalue weighted by atomic mass is 10.1. The molecule has 0 spiro atoms. The molecular weight excluding hydrogens is 392 g/mol. The van der Waals surface area contributed by atoms with E-state index < -0.39 is 10.0 Å². The van der Waals surface area contributed by atoms with Gasteiger partial charge in [-0.2, -0.15) is 4.31 Å². The van der Waals surface area contributed by atoms with E-state index in [1.807, 2.05) is 19.1 Å². The van der Waals surface area contributed by atoms with Crippen molar-refractivity contribution in [2.24, 2.45) is 0 Å². The Kier molecular flexibility index (Phi) is 5.16. The van der Waals surface area contributed by atoms with E-state index in [4.69, 9.17) is 4.74 Å². The SMILES string of the molecule is Cc1ccc(S(=O)(=O)N2CCC(Oc3nc4c(C)ccc(C)c4s3)CC2)cc1. The second-order valence-corrected chi connectivity index (χ2v) is 10.3. The van der Waals surface area contributed by atoms with Gasteiger partial charge in [-0.15, -0.1) is 0 Å². The second-order valence-electron chi connectivity index (χ2n) is 7.39. The van der Waals surface area contributed by atoms with Gasteiger partial charge in [0.2, 0.25) is 10.0 Å². The molecule has 1 fully saturated rings. The Bertz CT molecular complexity index is 1060. The molecule has 0 atom stereocenters. The lowest BCUT2D eigenvalue weighted by Gasteiger charge is -2.30. The lowest BCUT2D eigenvalue weighted by Crippen LogP contribution is -2.41. The van der Waals surface area contributed by atoms with Crippen molar-refractivity contribution in [3.63, 3.8) is 0 Å². The molecule has 28 heavy (non-hydrogen) atoms. The first-order valence-corrected chi connectivity index (χ1v) is 11.7. The average molecular weight is 417 g/mol. The molecule has 0 aliphatic carbocycles. The number of aromatic nitrogens is 1. The van der Waals surface area contributed by atoms with E-state index in [1.54, 1.807) is 27.8 Å². The molecule has 1 aromatic heterocycles. The quantitative estimate of drug-likeness (QED) is 0.630. The van der Waals surface area contributed by atoms with E-state index in [0.717, 1.165) is 21.3 Å². The van der Waals surface area contributed by atoms with Crippen LogP contribution in [0.4, 0.5) is 0 Å². The summed E-state index contributed by atoms with van der Waals surface area (Å²) in [5.74, 6) is 0. The van der Waals surface area contributed by atoms with Crippen LogP contribution in [0.1, 0.15) is 29.5 Å². The molecule has 4 rings (SSSR count). The van der Waals surface area contributed by atoms with Gasteiger partial charge in [-0.1, -0.05) is 41.2 Å². The summed E-state index contributed by atoms with van der Waals surface area (Å²) in [6.45, 7) is 7.01. The lowest BCUT2D eigenvalue weighted by molar-refractivity contribution is 0.135. The molecule has 0 amide bonds. The van der Waals surface area contributed by atoms with Gasteiger partial charge < -0.3 is 4.74 Å². The maximum atomic E-state index is 12.8. The van der Waals surface area contributed by atoms with Crippen molar-refractivity contribution < 1.29 is 13.2 Å². The first-order chi connectivity index (χ1) is 13.3. The molecular formula is C21H24N2O3S2. The molecule has 0 radical (unpaired) electrons. The maximum absolute atomic E-state index is 12.8. The zero-order valence-electron chi connectivity index (χ0n) is 16.3. The number of sulfonamides is 1. The molecule has 148 valence electrons.